The number of halogens is 2. The second-order valence-electron chi connectivity index (χ2n) is 7.43. The molecule has 1 aliphatic carbocycles. The summed E-state index contributed by atoms with van der Waals surface area (Å²) in [5.74, 6) is -0.535. The smallest absolute Gasteiger partial charge is 0.280 e. The first-order valence-electron chi connectivity index (χ1n) is 10.1. The second kappa shape index (κ2) is 7.97. The predicted octanol–water partition coefficient (Wildman–Crippen LogP) is 2.04. The van der Waals surface area contributed by atoms with Gasteiger partial charge in [-0.1, -0.05) is 0 Å². The van der Waals surface area contributed by atoms with Crippen molar-refractivity contribution in [2.45, 2.75) is 18.6 Å². The molecular weight excluding hydrogens is 434 g/mol. The van der Waals surface area contributed by atoms with Crippen molar-refractivity contribution in [3.8, 4) is 5.82 Å². The predicted molar refractivity (Wildman–Crippen MR) is 116 cm³/mol. The van der Waals surface area contributed by atoms with Gasteiger partial charge in [0.05, 0.1) is 12.2 Å². The summed E-state index contributed by atoms with van der Waals surface area (Å²) < 4.78 is 29.9. The summed E-state index contributed by atoms with van der Waals surface area (Å²) in [7, 11) is 1.66. The Kier molecular flexibility index (Phi) is 4.96. The number of hydrogen-bond donors (Lipinski definition) is 3. The minimum absolute atomic E-state index is 0.116. The normalized spacial score (nSPS) is 17.1. The van der Waals surface area contributed by atoms with Gasteiger partial charge in [-0.3, -0.25) is 14.2 Å². The minimum atomic E-state index is -1.04. The SMILES string of the molecule is CNc1cc(Nc2cccn(-c3ncccc3F)c2=O)nc2c(C(=O)NC3C[C@H]3F)cnn12. The van der Waals surface area contributed by atoms with E-state index in [9.17, 15) is 18.4 Å². The van der Waals surface area contributed by atoms with Gasteiger partial charge in [0.1, 0.15) is 29.1 Å². The molecule has 33 heavy (non-hydrogen) atoms. The van der Waals surface area contributed by atoms with Gasteiger partial charge in [-0.15, -0.1) is 0 Å². The van der Waals surface area contributed by atoms with Crippen molar-refractivity contribution in [1.29, 1.82) is 0 Å². The Morgan fingerprint density at radius 1 is 1.27 bits per heavy atom. The van der Waals surface area contributed by atoms with Crippen LogP contribution in [0.1, 0.15) is 16.8 Å². The van der Waals surface area contributed by atoms with Crippen molar-refractivity contribution in [1.82, 2.24) is 29.5 Å². The van der Waals surface area contributed by atoms with Gasteiger partial charge in [-0.25, -0.2) is 18.7 Å². The van der Waals surface area contributed by atoms with Crippen LogP contribution in [0.3, 0.4) is 0 Å². The van der Waals surface area contributed by atoms with Gasteiger partial charge in [0.15, 0.2) is 17.3 Å². The fraction of sp³-hybridized carbons (Fsp3) is 0.190. The molecule has 0 aliphatic heterocycles. The lowest BCUT2D eigenvalue weighted by atomic mass is 10.3. The van der Waals surface area contributed by atoms with Crippen LogP contribution in [0.25, 0.3) is 11.5 Å². The van der Waals surface area contributed by atoms with Gasteiger partial charge < -0.3 is 16.0 Å². The third kappa shape index (κ3) is 3.75. The van der Waals surface area contributed by atoms with Crippen LogP contribution in [-0.2, 0) is 0 Å². The first-order valence-corrected chi connectivity index (χ1v) is 10.1. The number of carbonyl (C=O) groups excluding carboxylic acids is 1. The fourth-order valence-electron chi connectivity index (χ4n) is 3.37. The summed E-state index contributed by atoms with van der Waals surface area (Å²) in [6.07, 6.45) is 3.38. The number of amides is 1. The number of anilines is 3. The van der Waals surface area contributed by atoms with Crippen LogP contribution in [0, 0.1) is 5.82 Å². The lowest BCUT2D eigenvalue weighted by Crippen LogP contribution is -2.27. The molecule has 168 valence electrons. The van der Waals surface area contributed by atoms with E-state index in [2.05, 4.69) is 31.0 Å². The highest BCUT2D eigenvalue weighted by Crippen LogP contribution is 2.26. The standard InChI is InChI=1S/C21H18F2N8O2/c1-24-17-9-16(29-18-11(10-26-31(17)18)20(32)28-15-8-13(15)23)27-14-5-3-7-30(21(14)33)19-12(22)4-2-6-25-19/h2-7,9-10,13,15,24H,8H2,1H3,(H,27,29)(H,28,32)/t13-,15?/m1/s1. The van der Waals surface area contributed by atoms with E-state index in [4.69, 9.17) is 0 Å². The number of hydrogen-bond acceptors (Lipinski definition) is 7. The van der Waals surface area contributed by atoms with Crippen molar-refractivity contribution >= 4 is 28.9 Å². The molecule has 12 heteroatoms. The first-order chi connectivity index (χ1) is 16.0. The van der Waals surface area contributed by atoms with E-state index >= 15 is 0 Å². The lowest BCUT2D eigenvalue weighted by molar-refractivity contribution is 0.0949. The molecule has 4 aromatic heterocycles. The average molecular weight is 452 g/mol. The van der Waals surface area contributed by atoms with Crippen molar-refractivity contribution in [2.24, 2.45) is 0 Å². The third-order valence-corrected chi connectivity index (χ3v) is 5.18. The lowest BCUT2D eigenvalue weighted by Gasteiger charge is -2.12. The van der Waals surface area contributed by atoms with Gasteiger partial charge in [-0.05, 0) is 24.3 Å². The van der Waals surface area contributed by atoms with E-state index in [1.807, 2.05) is 0 Å². The van der Waals surface area contributed by atoms with Crippen LogP contribution in [0.4, 0.5) is 26.1 Å². The Bertz CT molecular complexity index is 1430. The summed E-state index contributed by atoms with van der Waals surface area (Å²) in [6.45, 7) is 0. The third-order valence-electron chi connectivity index (χ3n) is 5.18. The fourth-order valence-corrected chi connectivity index (χ4v) is 3.37. The zero-order chi connectivity index (χ0) is 23.1. The quantitative estimate of drug-likeness (QED) is 0.410. The number of alkyl halides is 1. The van der Waals surface area contributed by atoms with Crippen LogP contribution in [0.5, 0.6) is 0 Å². The largest absolute Gasteiger partial charge is 0.373 e. The molecule has 0 bridgehead atoms. The number of pyridine rings is 2. The summed E-state index contributed by atoms with van der Waals surface area (Å²) in [6, 6.07) is 6.81. The average Bonchev–Trinajstić information content (AvgIpc) is 3.32. The minimum Gasteiger partial charge on any atom is -0.373 e. The molecule has 1 saturated carbocycles. The Hall–Kier alpha value is -4.35. The van der Waals surface area contributed by atoms with Crippen LogP contribution in [-0.4, -0.2) is 49.3 Å². The zero-order valence-electron chi connectivity index (χ0n) is 17.3. The highest BCUT2D eigenvalue weighted by molar-refractivity contribution is 6.00. The molecule has 4 heterocycles. The molecule has 4 aromatic rings. The number of nitrogens with zero attached hydrogens (tertiary/aromatic N) is 5. The number of rotatable bonds is 6. The number of nitrogens with one attached hydrogen (secondary N) is 3. The monoisotopic (exact) mass is 452 g/mol. The van der Waals surface area contributed by atoms with Crippen molar-refractivity contribution in [3.63, 3.8) is 0 Å². The Morgan fingerprint density at radius 2 is 2.09 bits per heavy atom. The zero-order valence-corrected chi connectivity index (χ0v) is 17.3. The molecule has 0 spiro atoms. The molecule has 1 unspecified atom stereocenters. The molecule has 2 atom stereocenters. The molecule has 1 aliphatic rings. The van der Waals surface area contributed by atoms with Gasteiger partial charge in [-0.2, -0.15) is 9.61 Å². The Labute approximate surface area is 185 Å². The molecule has 1 amide bonds. The van der Waals surface area contributed by atoms with E-state index in [0.29, 0.717) is 5.82 Å². The number of fused-ring (bicyclic) bond motifs is 1. The van der Waals surface area contributed by atoms with Crippen molar-refractivity contribution < 1.29 is 13.6 Å². The van der Waals surface area contributed by atoms with Gasteiger partial charge in [0, 0.05) is 31.9 Å². The van der Waals surface area contributed by atoms with Crippen LogP contribution in [0.2, 0.25) is 0 Å². The highest BCUT2D eigenvalue weighted by Gasteiger charge is 2.39. The first kappa shape index (κ1) is 20.5. The Morgan fingerprint density at radius 3 is 2.82 bits per heavy atom. The van der Waals surface area contributed by atoms with Crippen LogP contribution >= 0.6 is 0 Å². The summed E-state index contributed by atoms with van der Waals surface area (Å²) in [5, 5.41) is 12.7. The highest BCUT2D eigenvalue weighted by atomic mass is 19.1. The van der Waals surface area contributed by atoms with Crippen molar-refractivity contribution in [3.05, 3.63) is 70.7 Å². The van der Waals surface area contributed by atoms with E-state index in [0.717, 1.165) is 4.57 Å². The Balaban J connectivity index is 1.52. The number of aromatic nitrogens is 5. The van der Waals surface area contributed by atoms with E-state index in [1.165, 1.54) is 41.3 Å². The van der Waals surface area contributed by atoms with Gasteiger partial charge >= 0.3 is 0 Å². The van der Waals surface area contributed by atoms with Crippen LogP contribution in [0.15, 0.2) is 53.7 Å². The second-order valence-corrected chi connectivity index (χ2v) is 7.43. The van der Waals surface area contributed by atoms with E-state index in [-0.39, 0.29) is 35.0 Å². The topological polar surface area (TPSA) is 118 Å². The van der Waals surface area contributed by atoms with E-state index < -0.39 is 29.5 Å². The van der Waals surface area contributed by atoms with E-state index in [1.54, 1.807) is 19.2 Å². The molecule has 10 nitrogen and oxygen atoms in total. The molecule has 3 N–H and O–H groups in total. The van der Waals surface area contributed by atoms with Crippen molar-refractivity contribution in [2.75, 3.05) is 17.7 Å². The number of carbonyl (C=O) groups is 1. The molecule has 5 rings (SSSR count). The summed E-state index contributed by atoms with van der Waals surface area (Å²) in [4.78, 5) is 33.9. The van der Waals surface area contributed by atoms with Gasteiger partial charge in [0.25, 0.3) is 11.5 Å². The molecule has 0 radical (unpaired) electrons. The maximum atomic E-state index is 14.2. The molecule has 1 fully saturated rings. The maximum absolute atomic E-state index is 14.2. The molecule has 0 saturated heterocycles. The van der Waals surface area contributed by atoms with Gasteiger partial charge in [0.2, 0.25) is 0 Å². The summed E-state index contributed by atoms with van der Waals surface area (Å²) in [5.41, 5.74) is -0.0533. The molecule has 0 aromatic carbocycles. The molecular formula is C21H18F2N8O2. The summed E-state index contributed by atoms with van der Waals surface area (Å²) >= 11 is 0. The maximum Gasteiger partial charge on any atom is 0.280 e. The van der Waals surface area contributed by atoms with Crippen LogP contribution < -0.4 is 21.5 Å².